The van der Waals surface area contributed by atoms with E-state index in [1.807, 2.05) is 18.2 Å². The maximum absolute atomic E-state index is 6.60. The van der Waals surface area contributed by atoms with Gasteiger partial charge in [0, 0.05) is 6.04 Å². The minimum absolute atomic E-state index is 0.0185. The molecule has 4 heteroatoms. The molecule has 2 aliphatic rings. The van der Waals surface area contributed by atoms with Crippen LogP contribution in [-0.4, -0.2) is 42.3 Å². The summed E-state index contributed by atoms with van der Waals surface area (Å²) in [5.74, 6) is 0. The van der Waals surface area contributed by atoms with Gasteiger partial charge in [-0.2, -0.15) is 0 Å². The SMILES string of the molecule is c1ccc(COC[C@@H]2[C@@H](OCc3ccccc3)[C@@H](OCc3ccccc3)[C@H]3CCCN32)cc1. The average molecular weight is 444 g/mol. The second-order valence-corrected chi connectivity index (χ2v) is 9.04. The molecule has 0 aromatic heterocycles. The van der Waals surface area contributed by atoms with Gasteiger partial charge in [0.1, 0.15) is 12.2 Å². The van der Waals surface area contributed by atoms with E-state index in [2.05, 4.69) is 77.7 Å². The summed E-state index contributed by atoms with van der Waals surface area (Å²) in [6, 6.07) is 31.8. The van der Waals surface area contributed by atoms with Gasteiger partial charge in [0.15, 0.2) is 0 Å². The van der Waals surface area contributed by atoms with Crippen LogP contribution in [0.3, 0.4) is 0 Å². The van der Waals surface area contributed by atoms with Crippen LogP contribution in [0.5, 0.6) is 0 Å². The molecule has 0 saturated carbocycles. The van der Waals surface area contributed by atoms with Crippen molar-refractivity contribution in [3.05, 3.63) is 108 Å². The zero-order chi connectivity index (χ0) is 22.3. The largest absolute Gasteiger partial charge is 0.375 e. The normalized spacial score (nSPS) is 24.7. The lowest BCUT2D eigenvalue weighted by Gasteiger charge is -2.28. The molecule has 4 atom stereocenters. The van der Waals surface area contributed by atoms with E-state index in [1.54, 1.807) is 0 Å². The first-order chi connectivity index (χ1) is 16.4. The zero-order valence-electron chi connectivity index (χ0n) is 19.1. The molecule has 2 heterocycles. The number of rotatable bonds is 10. The van der Waals surface area contributed by atoms with Gasteiger partial charge >= 0.3 is 0 Å². The van der Waals surface area contributed by atoms with Gasteiger partial charge in [0.05, 0.1) is 32.5 Å². The van der Waals surface area contributed by atoms with Gasteiger partial charge in [-0.3, -0.25) is 4.90 Å². The third kappa shape index (κ3) is 5.53. The molecule has 0 radical (unpaired) electrons. The van der Waals surface area contributed by atoms with Crippen LogP contribution in [0.25, 0.3) is 0 Å². The summed E-state index contributed by atoms with van der Waals surface area (Å²) < 4.78 is 19.4. The Balaban J connectivity index is 1.30. The summed E-state index contributed by atoms with van der Waals surface area (Å²) in [6.45, 7) is 3.55. The third-order valence-electron chi connectivity index (χ3n) is 6.82. The fraction of sp³-hybridized carbons (Fsp3) is 0.379. The number of nitrogens with zero attached hydrogens (tertiary/aromatic N) is 1. The highest BCUT2D eigenvalue weighted by Crippen LogP contribution is 2.37. The molecule has 3 aromatic rings. The van der Waals surface area contributed by atoms with E-state index >= 15 is 0 Å². The maximum Gasteiger partial charge on any atom is 0.103 e. The van der Waals surface area contributed by atoms with Crippen LogP contribution in [0.4, 0.5) is 0 Å². The zero-order valence-corrected chi connectivity index (χ0v) is 19.1. The second kappa shape index (κ2) is 11.1. The van der Waals surface area contributed by atoms with E-state index in [9.17, 15) is 0 Å². The van der Waals surface area contributed by atoms with E-state index in [1.165, 1.54) is 23.1 Å². The Bertz CT molecular complexity index is 966. The highest BCUT2D eigenvalue weighted by atomic mass is 16.5. The van der Waals surface area contributed by atoms with Crippen LogP contribution in [-0.2, 0) is 34.0 Å². The quantitative estimate of drug-likeness (QED) is 0.430. The van der Waals surface area contributed by atoms with E-state index in [0.29, 0.717) is 32.5 Å². The molecule has 5 rings (SSSR count). The van der Waals surface area contributed by atoms with Crippen LogP contribution in [0.2, 0.25) is 0 Å². The Hall–Kier alpha value is -2.50. The summed E-state index contributed by atoms with van der Waals surface area (Å²) in [4.78, 5) is 2.58. The second-order valence-electron chi connectivity index (χ2n) is 9.04. The maximum atomic E-state index is 6.60. The van der Waals surface area contributed by atoms with Crippen molar-refractivity contribution in [1.82, 2.24) is 4.90 Å². The highest BCUT2D eigenvalue weighted by molar-refractivity contribution is 5.16. The molecule has 0 spiro atoms. The lowest BCUT2D eigenvalue weighted by Crippen LogP contribution is -2.41. The van der Waals surface area contributed by atoms with Crippen LogP contribution in [0.1, 0.15) is 29.5 Å². The molecule has 2 fully saturated rings. The predicted octanol–water partition coefficient (Wildman–Crippen LogP) is 5.22. The molecule has 4 nitrogen and oxygen atoms in total. The summed E-state index contributed by atoms with van der Waals surface area (Å²) >= 11 is 0. The van der Waals surface area contributed by atoms with Gasteiger partial charge < -0.3 is 14.2 Å². The van der Waals surface area contributed by atoms with Gasteiger partial charge in [0.2, 0.25) is 0 Å². The Morgan fingerprint density at radius 1 is 0.636 bits per heavy atom. The molecule has 0 bridgehead atoms. The first kappa shape index (κ1) is 22.3. The summed E-state index contributed by atoms with van der Waals surface area (Å²) in [6.07, 6.45) is 2.38. The fourth-order valence-electron chi connectivity index (χ4n) is 5.21. The van der Waals surface area contributed by atoms with Crippen molar-refractivity contribution < 1.29 is 14.2 Å². The predicted molar refractivity (Wildman–Crippen MR) is 130 cm³/mol. The van der Waals surface area contributed by atoms with Gasteiger partial charge in [-0.1, -0.05) is 91.0 Å². The Morgan fingerprint density at radius 3 is 1.73 bits per heavy atom. The minimum Gasteiger partial charge on any atom is -0.375 e. The number of hydrogen-bond donors (Lipinski definition) is 0. The number of ether oxygens (including phenoxy) is 3. The Morgan fingerprint density at radius 2 is 1.15 bits per heavy atom. The topological polar surface area (TPSA) is 30.9 Å². The monoisotopic (exact) mass is 443 g/mol. The molecule has 2 aliphatic heterocycles. The summed E-state index contributed by atoms with van der Waals surface area (Å²) in [5.41, 5.74) is 3.59. The van der Waals surface area contributed by atoms with Crippen molar-refractivity contribution >= 4 is 0 Å². The van der Waals surface area contributed by atoms with Gasteiger partial charge in [-0.05, 0) is 36.1 Å². The molecular formula is C29H33NO3. The van der Waals surface area contributed by atoms with Crippen LogP contribution in [0.15, 0.2) is 91.0 Å². The van der Waals surface area contributed by atoms with E-state index in [0.717, 1.165) is 13.0 Å². The van der Waals surface area contributed by atoms with E-state index in [-0.39, 0.29) is 18.2 Å². The number of fused-ring (bicyclic) bond motifs is 1. The minimum atomic E-state index is -0.0185. The molecule has 2 saturated heterocycles. The Kier molecular flexibility index (Phi) is 7.49. The lowest BCUT2D eigenvalue weighted by atomic mass is 10.0. The van der Waals surface area contributed by atoms with Gasteiger partial charge in [0.25, 0.3) is 0 Å². The van der Waals surface area contributed by atoms with Gasteiger partial charge in [-0.15, -0.1) is 0 Å². The van der Waals surface area contributed by atoms with Crippen molar-refractivity contribution in [3.63, 3.8) is 0 Å². The summed E-state index contributed by atoms with van der Waals surface area (Å²) in [5, 5.41) is 0. The van der Waals surface area contributed by atoms with Crippen molar-refractivity contribution in [2.75, 3.05) is 13.2 Å². The molecule has 0 N–H and O–H groups in total. The first-order valence-corrected chi connectivity index (χ1v) is 12.1. The van der Waals surface area contributed by atoms with Crippen LogP contribution >= 0.6 is 0 Å². The standard InChI is InChI=1S/C29H33NO3/c1-4-11-23(12-5-1)19-31-22-27-29(33-21-25-15-8-3-9-16-25)28(26-17-10-18-30(26)27)32-20-24-13-6-2-7-14-24/h1-9,11-16,26-29H,10,17-22H2/t26-,27-,28+,29-/m1/s1. The lowest BCUT2D eigenvalue weighted by molar-refractivity contribution is -0.0877. The van der Waals surface area contributed by atoms with Crippen molar-refractivity contribution in [2.24, 2.45) is 0 Å². The number of benzene rings is 3. The molecule has 3 aromatic carbocycles. The van der Waals surface area contributed by atoms with Gasteiger partial charge in [-0.25, -0.2) is 0 Å². The molecule has 172 valence electrons. The van der Waals surface area contributed by atoms with Crippen LogP contribution < -0.4 is 0 Å². The molecule has 0 aliphatic carbocycles. The smallest absolute Gasteiger partial charge is 0.103 e. The highest BCUT2D eigenvalue weighted by Gasteiger charge is 2.52. The van der Waals surface area contributed by atoms with Crippen LogP contribution in [0, 0.1) is 0 Å². The molecule has 0 amide bonds. The Labute approximate surface area is 197 Å². The first-order valence-electron chi connectivity index (χ1n) is 12.1. The fourth-order valence-corrected chi connectivity index (χ4v) is 5.21. The third-order valence-corrected chi connectivity index (χ3v) is 6.82. The molecule has 33 heavy (non-hydrogen) atoms. The average Bonchev–Trinajstić information content (AvgIpc) is 3.45. The van der Waals surface area contributed by atoms with E-state index in [4.69, 9.17) is 14.2 Å². The van der Waals surface area contributed by atoms with Crippen molar-refractivity contribution in [1.29, 1.82) is 0 Å². The van der Waals surface area contributed by atoms with Crippen molar-refractivity contribution in [2.45, 2.75) is 57.0 Å². The van der Waals surface area contributed by atoms with E-state index < -0.39 is 0 Å². The molecular weight excluding hydrogens is 410 g/mol. The summed E-state index contributed by atoms with van der Waals surface area (Å²) in [7, 11) is 0. The van der Waals surface area contributed by atoms with Crippen molar-refractivity contribution in [3.8, 4) is 0 Å². The number of hydrogen-bond acceptors (Lipinski definition) is 4. The molecule has 0 unspecified atom stereocenters.